The third-order valence-electron chi connectivity index (χ3n) is 3.48. The largest absolute Gasteiger partial charge is 0.396 e. The number of anilines is 1. The molecule has 0 aliphatic heterocycles. The summed E-state index contributed by atoms with van der Waals surface area (Å²) in [6.07, 6.45) is 0.579. The molecule has 0 saturated carbocycles. The number of hydrogen-bond donors (Lipinski definition) is 2. The van der Waals surface area contributed by atoms with Crippen LogP contribution < -0.4 is 10.2 Å². The highest BCUT2D eigenvalue weighted by Crippen LogP contribution is 2.13. The van der Waals surface area contributed by atoms with Gasteiger partial charge in [0.1, 0.15) is 5.82 Å². The molecule has 0 saturated heterocycles. The summed E-state index contributed by atoms with van der Waals surface area (Å²) in [4.78, 5) is 14.0. The molecule has 0 atom stereocenters. The smallest absolute Gasteiger partial charge is 0.239 e. The minimum Gasteiger partial charge on any atom is -0.396 e. The van der Waals surface area contributed by atoms with Crippen molar-refractivity contribution in [3.05, 3.63) is 66.0 Å². The van der Waals surface area contributed by atoms with Gasteiger partial charge in [0.2, 0.25) is 5.91 Å². The second kappa shape index (κ2) is 8.90. The Bertz CT molecular complexity index is 619. The highest BCUT2D eigenvalue weighted by molar-refractivity contribution is 5.81. The molecule has 0 unspecified atom stereocenters. The third kappa shape index (κ3) is 5.38. The lowest BCUT2D eigenvalue weighted by Crippen LogP contribution is -2.38. The quantitative estimate of drug-likeness (QED) is 0.786. The molecular weight excluding hydrogens is 295 g/mol. The van der Waals surface area contributed by atoms with Gasteiger partial charge in [-0.15, -0.1) is 0 Å². The van der Waals surface area contributed by atoms with Gasteiger partial charge in [0, 0.05) is 30.9 Å². The maximum absolute atomic E-state index is 13.5. The molecular formula is C18H21FN2O2. The molecule has 2 rings (SSSR count). The van der Waals surface area contributed by atoms with Gasteiger partial charge in [0.05, 0.1) is 6.54 Å². The van der Waals surface area contributed by atoms with Gasteiger partial charge in [-0.3, -0.25) is 4.79 Å². The lowest BCUT2D eigenvalue weighted by Gasteiger charge is -2.24. The van der Waals surface area contributed by atoms with Gasteiger partial charge in [0.25, 0.3) is 0 Å². The first-order chi connectivity index (χ1) is 11.2. The van der Waals surface area contributed by atoms with Crippen LogP contribution in [0.4, 0.5) is 10.1 Å². The van der Waals surface area contributed by atoms with Crippen molar-refractivity contribution < 1.29 is 14.3 Å². The Morgan fingerprint density at radius 2 is 1.78 bits per heavy atom. The summed E-state index contributed by atoms with van der Waals surface area (Å²) in [6, 6.07) is 15.9. The van der Waals surface area contributed by atoms with E-state index in [1.54, 1.807) is 18.2 Å². The van der Waals surface area contributed by atoms with E-state index in [1.165, 1.54) is 6.07 Å². The highest BCUT2D eigenvalue weighted by Gasteiger charge is 2.11. The van der Waals surface area contributed by atoms with Crippen LogP contribution in [0.2, 0.25) is 0 Å². The number of carbonyl (C=O) groups is 1. The number of amides is 1. The van der Waals surface area contributed by atoms with Crippen LogP contribution in [0.3, 0.4) is 0 Å². The molecule has 122 valence electrons. The van der Waals surface area contributed by atoms with Crippen molar-refractivity contribution in [2.24, 2.45) is 0 Å². The first kappa shape index (κ1) is 17.0. The average Bonchev–Trinajstić information content (AvgIpc) is 2.58. The molecule has 1 amide bonds. The number of benzene rings is 2. The fourth-order valence-electron chi connectivity index (χ4n) is 2.26. The molecule has 0 fully saturated rings. The van der Waals surface area contributed by atoms with Crippen LogP contribution in [0.5, 0.6) is 0 Å². The van der Waals surface area contributed by atoms with Gasteiger partial charge >= 0.3 is 0 Å². The summed E-state index contributed by atoms with van der Waals surface area (Å²) in [5.74, 6) is -0.511. The number of aliphatic hydroxyl groups excluding tert-OH is 1. The monoisotopic (exact) mass is 316 g/mol. The summed E-state index contributed by atoms with van der Waals surface area (Å²) in [5.41, 5.74) is 1.38. The molecule has 4 nitrogen and oxygen atoms in total. The molecule has 0 aliphatic rings. The molecule has 0 spiro atoms. The molecule has 23 heavy (non-hydrogen) atoms. The molecule has 0 aliphatic carbocycles. The summed E-state index contributed by atoms with van der Waals surface area (Å²) in [6.45, 7) is 0.973. The number of hydrogen-bond acceptors (Lipinski definition) is 3. The number of aliphatic hydroxyl groups is 1. The van der Waals surface area contributed by atoms with Crippen molar-refractivity contribution >= 4 is 11.6 Å². The van der Waals surface area contributed by atoms with Crippen molar-refractivity contribution in [3.63, 3.8) is 0 Å². The van der Waals surface area contributed by atoms with Crippen LogP contribution in [0, 0.1) is 5.82 Å². The lowest BCUT2D eigenvalue weighted by molar-refractivity contribution is -0.119. The zero-order valence-electron chi connectivity index (χ0n) is 12.9. The van der Waals surface area contributed by atoms with E-state index in [0.717, 1.165) is 5.69 Å². The Hall–Kier alpha value is -2.40. The Kier molecular flexibility index (Phi) is 6.56. The lowest BCUT2D eigenvalue weighted by atomic mass is 10.2. The van der Waals surface area contributed by atoms with Crippen molar-refractivity contribution in [2.75, 3.05) is 24.6 Å². The van der Waals surface area contributed by atoms with Gasteiger partial charge in [-0.2, -0.15) is 0 Å². The standard InChI is InChI=1S/C18H21FN2O2/c19-17-10-5-4-7-15(17)13-20-18(23)14-21(11-6-12-22)16-8-2-1-3-9-16/h1-5,7-10,22H,6,11-14H2,(H,20,23). The van der Waals surface area contributed by atoms with Crippen LogP contribution in [0.1, 0.15) is 12.0 Å². The van der Waals surface area contributed by atoms with Crippen LogP contribution >= 0.6 is 0 Å². The average molecular weight is 316 g/mol. The van der Waals surface area contributed by atoms with E-state index in [0.29, 0.717) is 18.5 Å². The van der Waals surface area contributed by atoms with Crippen LogP contribution in [0.25, 0.3) is 0 Å². The van der Waals surface area contributed by atoms with Gasteiger partial charge in [-0.25, -0.2) is 4.39 Å². The second-order valence-electron chi connectivity index (χ2n) is 5.20. The van der Waals surface area contributed by atoms with Crippen molar-refractivity contribution in [2.45, 2.75) is 13.0 Å². The zero-order chi connectivity index (χ0) is 16.5. The SMILES string of the molecule is O=C(CN(CCCO)c1ccccc1)NCc1ccccc1F. The van der Waals surface area contributed by atoms with E-state index < -0.39 is 0 Å². The summed E-state index contributed by atoms with van der Waals surface area (Å²) in [5, 5.41) is 11.7. The number of para-hydroxylation sites is 1. The van der Waals surface area contributed by atoms with E-state index in [-0.39, 0.29) is 31.4 Å². The second-order valence-corrected chi connectivity index (χ2v) is 5.20. The maximum atomic E-state index is 13.5. The molecule has 0 heterocycles. The maximum Gasteiger partial charge on any atom is 0.239 e. The van der Waals surface area contributed by atoms with Gasteiger partial charge in [0.15, 0.2) is 0 Å². The molecule has 0 bridgehead atoms. The highest BCUT2D eigenvalue weighted by atomic mass is 19.1. The third-order valence-corrected chi connectivity index (χ3v) is 3.48. The topological polar surface area (TPSA) is 52.6 Å². The minimum absolute atomic E-state index is 0.0696. The van der Waals surface area contributed by atoms with Crippen molar-refractivity contribution in [1.29, 1.82) is 0 Å². The number of rotatable bonds is 8. The van der Waals surface area contributed by atoms with Crippen LogP contribution in [-0.4, -0.2) is 30.7 Å². The van der Waals surface area contributed by atoms with E-state index in [4.69, 9.17) is 5.11 Å². The minimum atomic E-state index is -0.326. The van der Waals surface area contributed by atoms with E-state index >= 15 is 0 Å². The Morgan fingerprint density at radius 3 is 2.48 bits per heavy atom. The fraction of sp³-hybridized carbons (Fsp3) is 0.278. The van der Waals surface area contributed by atoms with E-state index in [2.05, 4.69) is 5.32 Å². The number of carbonyl (C=O) groups excluding carboxylic acids is 1. The molecule has 5 heteroatoms. The molecule has 0 aromatic heterocycles. The van der Waals surface area contributed by atoms with Crippen LogP contribution in [-0.2, 0) is 11.3 Å². The molecule has 2 aromatic rings. The number of halogens is 1. The molecule has 0 radical (unpaired) electrons. The predicted molar refractivity (Wildman–Crippen MR) is 88.6 cm³/mol. The summed E-state index contributed by atoms with van der Waals surface area (Å²) in [7, 11) is 0. The zero-order valence-corrected chi connectivity index (χ0v) is 12.9. The summed E-state index contributed by atoms with van der Waals surface area (Å²) < 4.78 is 13.5. The van der Waals surface area contributed by atoms with Gasteiger partial charge in [-0.1, -0.05) is 36.4 Å². The normalized spacial score (nSPS) is 10.3. The number of nitrogens with one attached hydrogen (secondary N) is 1. The Morgan fingerprint density at radius 1 is 1.09 bits per heavy atom. The van der Waals surface area contributed by atoms with Crippen LogP contribution in [0.15, 0.2) is 54.6 Å². The fourth-order valence-corrected chi connectivity index (χ4v) is 2.26. The van der Waals surface area contributed by atoms with Crippen molar-refractivity contribution in [1.82, 2.24) is 5.32 Å². The van der Waals surface area contributed by atoms with Gasteiger partial charge < -0.3 is 15.3 Å². The number of nitrogens with zero attached hydrogens (tertiary/aromatic N) is 1. The molecule has 2 aromatic carbocycles. The summed E-state index contributed by atoms with van der Waals surface area (Å²) >= 11 is 0. The van der Waals surface area contributed by atoms with Gasteiger partial charge in [-0.05, 0) is 24.6 Å². The van der Waals surface area contributed by atoms with Crippen molar-refractivity contribution in [3.8, 4) is 0 Å². The molecule has 2 N–H and O–H groups in total. The Labute approximate surface area is 135 Å². The predicted octanol–water partition coefficient (Wildman–Crippen LogP) is 2.33. The van der Waals surface area contributed by atoms with E-state index in [1.807, 2.05) is 35.2 Å². The first-order valence-corrected chi connectivity index (χ1v) is 7.61. The Balaban J connectivity index is 1.93. The van der Waals surface area contributed by atoms with E-state index in [9.17, 15) is 9.18 Å². The first-order valence-electron chi connectivity index (χ1n) is 7.61.